The summed E-state index contributed by atoms with van der Waals surface area (Å²) in [6.07, 6.45) is -3.15. The minimum absolute atomic E-state index is 0.285. The molecule has 1 heterocycles. The Hall–Kier alpha value is -0.980. The van der Waals surface area contributed by atoms with Crippen LogP contribution in [-0.4, -0.2) is 52.9 Å². The van der Waals surface area contributed by atoms with Crippen molar-refractivity contribution in [3.63, 3.8) is 0 Å². The summed E-state index contributed by atoms with van der Waals surface area (Å²) in [6.45, 7) is 2.86. The SMILES string of the molecule is Cc1ccc(CNC[C@H]2O[C@H](CO)[C@@H](O)[C@@H]2O)cc1. The quantitative estimate of drug-likeness (QED) is 0.582. The molecule has 1 aliphatic heterocycles. The highest BCUT2D eigenvalue weighted by Crippen LogP contribution is 2.20. The second kappa shape index (κ2) is 6.45. The van der Waals surface area contributed by atoms with E-state index < -0.39 is 24.4 Å². The zero-order valence-corrected chi connectivity index (χ0v) is 11.0. The van der Waals surface area contributed by atoms with E-state index >= 15 is 0 Å². The summed E-state index contributed by atoms with van der Waals surface area (Å²) < 4.78 is 5.38. The van der Waals surface area contributed by atoms with E-state index in [2.05, 4.69) is 5.32 Å². The maximum atomic E-state index is 9.77. The first-order valence-electron chi connectivity index (χ1n) is 6.50. The smallest absolute Gasteiger partial charge is 0.111 e. The Morgan fingerprint density at radius 3 is 2.32 bits per heavy atom. The van der Waals surface area contributed by atoms with Crippen molar-refractivity contribution in [1.29, 1.82) is 0 Å². The second-order valence-electron chi connectivity index (χ2n) is 4.99. The van der Waals surface area contributed by atoms with Crippen LogP contribution in [0.2, 0.25) is 0 Å². The number of hydrogen-bond acceptors (Lipinski definition) is 5. The maximum Gasteiger partial charge on any atom is 0.111 e. The molecule has 1 saturated heterocycles. The lowest BCUT2D eigenvalue weighted by molar-refractivity contribution is -0.0213. The zero-order valence-electron chi connectivity index (χ0n) is 11.0. The topological polar surface area (TPSA) is 82.0 Å². The average molecular weight is 267 g/mol. The highest BCUT2D eigenvalue weighted by Gasteiger charge is 2.41. The van der Waals surface area contributed by atoms with E-state index in [1.807, 2.05) is 31.2 Å². The predicted molar refractivity (Wildman–Crippen MR) is 70.6 cm³/mol. The fourth-order valence-corrected chi connectivity index (χ4v) is 2.21. The highest BCUT2D eigenvalue weighted by molar-refractivity contribution is 5.21. The van der Waals surface area contributed by atoms with Gasteiger partial charge in [0.25, 0.3) is 0 Å². The first-order chi connectivity index (χ1) is 9.11. The van der Waals surface area contributed by atoms with Crippen molar-refractivity contribution in [3.8, 4) is 0 Å². The van der Waals surface area contributed by atoms with Gasteiger partial charge >= 0.3 is 0 Å². The van der Waals surface area contributed by atoms with Gasteiger partial charge in [-0.25, -0.2) is 0 Å². The molecule has 19 heavy (non-hydrogen) atoms. The number of rotatable bonds is 5. The lowest BCUT2D eigenvalue weighted by Gasteiger charge is -2.15. The Balaban J connectivity index is 1.78. The number of aliphatic hydroxyl groups excluding tert-OH is 3. The van der Waals surface area contributed by atoms with Gasteiger partial charge < -0.3 is 25.4 Å². The van der Waals surface area contributed by atoms with E-state index in [0.717, 1.165) is 5.56 Å². The Labute approximate surface area is 112 Å². The minimum Gasteiger partial charge on any atom is -0.394 e. The highest BCUT2D eigenvalue weighted by atomic mass is 16.6. The van der Waals surface area contributed by atoms with Crippen LogP contribution in [0.3, 0.4) is 0 Å². The fraction of sp³-hybridized carbons (Fsp3) is 0.571. The number of aliphatic hydroxyl groups is 3. The molecular weight excluding hydrogens is 246 g/mol. The van der Waals surface area contributed by atoms with Gasteiger partial charge in [0.2, 0.25) is 0 Å². The summed E-state index contributed by atoms with van der Waals surface area (Å²) in [5.74, 6) is 0. The van der Waals surface area contributed by atoms with E-state index in [0.29, 0.717) is 13.1 Å². The van der Waals surface area contributed by atoms with Crippen LogP contribution in [-0.2, 0) is 11.3 Å². The number of hydrogen-bond donors (Lipinski definition) is 4. The van der Waals surface area contributed by atoms with Gasteiger partial charge in [0.05, 0.1) is 12.7 Å². The normalized spacial score (nSPS) is 30.7. The first-order valence-corrected chi connectivity index (χ1v) is 6.50. The van der Waals surface area contributed by atoms with Crippen molar-refractivity contribution in [2.75, 3.05) is 13.2 Å². The van der Waals surface area contributed by atoms with Crippen LogP contribution < -0.4 is 5.32 Å². The molecule has 1 fully saturated rings. The van der Waals surface area contributed by atoms with Gasteiger partial charge in [-0.1, -0.05) is 29.8 Å². The van der Waals surface area contributed by atoms with Gasteiger partial charge in [0, 0.05) is 13.1 Å². The molecule has 4 N–H and O–H groups in total. The summed E-state index contributed by atoms with van der Waals surface area (Å²) >= 11 is 0. The lowest BCUT2D eigenvalue weighted by Crippen LogP contribution is -2.38. The van der Waals surface area contributed by atoms with Crippen molar-refractivity contribution in [2.24, 2.45) is 0 Å². The summed E-state index contributed by atoms with van der Waals surface area (Å²) in [6, 6.07) is 8.17. The zero-order chi connectivity index (χ0) is 13.8. The summed E-state index contributed by atoms with van der Waals surface area (Å²) in [5, 5.41) is 31.5. The van der Waals surface area contributed by atoms with Crippen LogP contribution in [0.25, 0.3) is 0 Å². The first kappa shape index (κ1) is 14.4. The van der Waals surface area contributed by atoms with E-state index in [-0.39, 0.29) is 6.61 Å². The third kappa shape index (κ3) is 3.52. The average Bonchev–Trinajstić information content (AvgIpc) is 2.69. The molecule has 0 bridgehead atoms. The molecular formula is C14H21NO4. The van der Waals surface area contributed by atoms with Gasteiger partial charge in [-0.05, 0) is 12.5 Å². The molecule has 106 valence electrons. The van der Waals surface area contributed by atoms with Gasteiger partial charge in [-0.15, -0.1) is 0 Å². The molecule has 1 aliphatic rings. The van der Waals surface area contributed by atoms with Crippen molar-refractivity contribution < 1.29 is 20.1 Å². The van der Waals surface area contributed by atoms with E-state index in [9.17, 15) is 10.2 Å². The van der Waals surface area contributed by atoms with Crippen LogP contribution in [0.4, 0.5) is 0 Å². The molecule has 0 unspecified atom stereocenters. The molecule has 5 heteroatoms. The molecule has 0 radical (unpaired) electrons. The van der Waals surface area contributed by atoms with Crippen LogP contribution in [0.1, 0.15) is 11.1 Å². The van der Waals surface area contributed by atoms with Crippen molar-refractivity contribution in [2.45, 2.75) is 37.9 Å². The molecule has 1 aromatic carbocycles. The Morgan fingerprint density at radius 1 is 1.11 bits per heavy atom. The largest absolute Gasteiger partial charge is 0.394 e. The van der Waals surface area contributed by atoms with Crippen LogP contribution in [0, 0.1) is 6.92 Å². The number of nitrogens with one attached hydrogen (secondary N) is 1. The predicted octanol–water partition coefficient (Wildman–Crippen LogP) is -0.434. The molecule has 0 aromatic heterocycles. The number of aryl methyl sites for hydroxylation is 1. The minimum atomic E-state index is -1.02. The van der Waals surface area contributed by atoms with Gasteiger partial charge in [0.1, 0.15) is 18.3 Å². The third-order valence-electron chi connectivity index (χ3n) is 3.44. The van der Waals surface area contributed by atoms with Crippen molar-refractivity contribution in [1.82, 2.24) is 5.32 Å². The molecule has 0 saturated carbocycles. The van der Waals surface area contributed by atoms with Gasteiger partial charge in [-0.3, -0.25) is 0 Å². The van der Waals surface area contributed by atoms with Crippen molar-refractivity contribution >= 4 is 0 Å². The molecule has 5 nitrogen and oxygen atoms in total. The summed E-state index contributed by atoms with van der Waals surface area (Å²) in [5.41, 5.74) is 2.37. The van der Waals surface area contributed by atoms with Crippen molar-refractivity contribution in [3.05, 3.63) is 35.4 Å². The monoisotopic (exact) mass is 267 g/mol. The number of benzene rings is 1. The molecule has 2 rings (SSSR count). The molecule has 1 aromatic rings. The van der Waals surface area contributed by atoms with Crippen LogP contribution in [0.15, 0.2) is 24.3 Å². The molecule has 4 atom stereocenters. The van der Waals surface area contributed by atoms with Crippen LogP contribution >= 0.6 is 0 Å². The fourth-order valence-electron chi connectivity index (χ4n) is 2.21. The second-order valence-corrected chi connectivity index (χ2v) is 4.99. The Bertz CT molecular complexity index is 395. The Morgan fingerprint density at radius 2 is 1.74 bits per heavy atom. The molecule has 0 spiro atoms. The van der Waals surface area contributed by atoms with Gasteiger partial charge in [-0.2, -0.15) is 0 Å². The van der Waals surface area contributed by atoms with Gasteiger partial charge in [0.15, 0.2) is 0 Å². The standard InChI is InChI=1S/C14H21NO4/c1-9-2-4-10(5-3-9)6-15-7-11-13(17)14(18)12(8-16)19-11/h2-5,11-18H,6-8H2,1H3/t11-,12-,13-,14-/m1/s1. The van der Waals surface area contributed by atoms with E-state index in [4.69, 9.17) is 9.84 Å². The third-order valence-corrected chi connectivity index (χ3v) is 3.44. The molecule has 0 amide bonds. The summed E-state index contributed by atoms with van der Waals surface area (Å²) in [4.78, 5) is 0. The molecule has 0 aliphatic carbocycles. The lowest BCUT2D eigenvalue weighted by atomic mass is 10.1. The van der Waals surface area contributed by atoms with E-state index in [1.165, 1.54) is 5.56 Å². The van der Waals surface area contributed by atoms with E-state index in [1.54, 1.807) is 0 Å². The Kier molecular flexibility index (Phi) is 4.90. The number of ether oxygens (including phenoxy) is 1. The maximum absolute atomic E-state index is 9.77. The summed E-state index contributed by atoms with van der Waals surface area (Å²) in [7, 11) is 0. The van der Waals surface area contributed by atoms with Crippen LogP contribution in [0.5, 0.6) is 0 Å².